The number of primary amides is 1. The van der Waals surface area contributed by atoms with Gasteiger partial charge < -0.3 is 15.4 Å². The molecular weight excluding hydrogens is 433 g/mol. The number of amides is 2. The van der Waals surface area contributed by atoms with Gasteiger partial charge in [-0.3, -0.25) is 9.59 Å². The molecule has 0 unspecified atom stereocenters. The zero-order valence-electron chi connectivity index (χ0n) is 16.6. The summed E-state index contributed by atoms with van der Waals surface area (Å²) in [5, 5.41) is 0.539. The maximum atomic E-state index is 13.4. The third-order valence-corrected chi connectivity index (χ3v) is 5.57. The van der Waals surface area contributed by atoms with E-state index in [1.807, 2.05) is 0 Å². The Kier molecular flexibility index (Phi) is 6.79. The van der Waals surface area contributed by atoms with E-state index in [-0.39, 0.29) is 26.1 Å². The molecule has 1 saturated heterocycles. The standard InChI is InChI=1S/C22H22ClF3N2O3/c23-15-6-8-16(9-7-15)31-14-21(12-19(27)29)10-3-11-28(13-21)20(30)17-4-1-2-5-18(17)22(24,25)26/h1-2,4-9H,3,10-14H2,(H2,27,29)/t21-/m1/s1. The number of ether oxygens (including phenoxy) is 1. The summed E-state index contributed by atoms with van der Waals surface area (Å²) in [5.41, 5.74) is 3.25. The Bertz CT molecular complexity index is 950. The van der Waals surface area contributed by atoms with Crippen molar-refractivity contribution in [2.75, 3.05) is 19.7 Å². The Morgan fingerprint density at radius 2 is 1.81 bits per heavy atom. The first-order valence-electron chi connectivity index (χ1n) is 9.72. The van der Waals surface area contributed by atoms with Crippen LogP contribution in [0.3, 0.4) is 0 Å². The molecule has 1 heterocycles. The molecule has 1 aliphatic rings. The zero-order valence-corrected chi connectivity index (χ0v) is 17.4. The van der Waals surface area contributed by atoms with Gasteiger partial charge >= 0.3 is 6.18 Å². The highest BCUT2D eigenvalue weighted by molar-refractivity contribution is 6.30. The van der Waals surface area contributed by atoms with Gasteiger partial charge in [0.1, 0.15) is 5.75 Å². The molecule has 9 heteroatoms. The van der Waals surface area contributed by atoms with E-state index in [1.54, 1.807) is 24.3 Å². The van der Waals surface area contributed by atoms with Crippen molar-refractivity contribution in [1.82, 2.24) is 4.90 Å². The van der Waals surface area contributed by atoms with Crippen LogP contribution in [0.1, 0.15) is 35.2 Å². The van der Waals surface area contributed by atoms with Crippen LogP contribution in [0.25, 0.3) is 0 Å². The van der Waals surface area contributed by atoms with Crippen molar-refractivity contribution in [3.05, 3.63) is 64.7 Å². The van der Waals surface area contributed by atoms with Crippen LogP contribution < -0.4 is 10.5 Å². The number of nitrogens with two attached hydrogens (primary N) is 1. The number of alkyl halides is 3. The Labute approximate surface area is 182 Å². The Morgan fingerprint density at radius 3 is 2.45 bits per heavy atom. The molecule has 1 aliphatic heterocycles. The van der Waals surface area contributed by atoms with Crippen LogP contribution in [-0.4, -0.2) is 36.4 Å². The van der Waals surface area contributed by atoms with Crippen molar-refractivity contribution in [3.8, 4) is 5.75 Å². The topological polar surface area (TPSA) is 72.6 Å². The summed E-state index contributed by atoms with van der Waals surface area (Å²) in [5.74, 6) is -0.767. The first kappa shape index (κ1) is 22.9. The van der Waals surface area contributed by atoms with E-state index in [4.69, 9.17) is 22.1 Å². The third-order valence-electron chi connectivity index (χ3n) is 5.32. The van der Waals surface area contributed by atoms with E-state index >= 15 is 0 Å². The van der Waals surface area contributed by atoms with E-state index in [1.165, 1.54) is 23.1 Å². The van der Waals surface area contributed by atoms with Gasteiger partial charge in [-0.05, 0) is 49.2 Å². The van der Waals surface area contributed by atoms with Gasteiger partial charge in [0.25, 0.3) is 5.91 Å². The van der Waals surface area contributed by atoms with E-state index in [2.05, 4.69) is 0 Å². The summed E-state index contributed by atoms with van der Waals surface area (Å²) in [4.78, 5) is 26.1. The summed E-state index contributed by atoms with van der Waals surface area (Å²) in [6.45, 7) is 0.434. The molecule has 3 rings (SSSR count). The second-order valence-corrected chi connectivity index (χ2v) is 8.20. The molecule has 5 nitrogen and oxygen atoms in total. The monoisotopic (exact) mass is 454 g/mol. The average molecular weight is 455 g/mol. The number of carbonyl (C=O) groups excluding carboxylic acids is 2. The maximum absolute atomic E-state index is 13.4. The minimum Gasteiger partial charge on any atom is -0.493 e. The Hall–Kier alpha value is -2.74. The normalized spacial score (nSPS) is 19.2. The molecule has 0 aliphatic carbocycles. The fraction of sp³-hybridized carbons (Fsp3) is 0.364. The zero-order chi connectivity index (χ0) is 22.6. The maximum Gasteiger partial charge on any atom is 0.417 e. The number of hydrogen-bond donors (Lipinski definition) is 1. The number of piperidine rings is 1. The van der Waals surface area contributed by atoms with Gasteiger partial charge in [-0.2, -0.15) is 13.2 Å². The summed E-state index contributed by atoms with van der Waals surface area (Å²) in [7, 11) is 0. The largest absolute Gasteiger partial charge is 0.493 e. The summed E-state index contributed by atoms with van der Waals surface area (Å²) >= 11 is 5.87. The Balaban J connectivity index is 1.83. The molecule has 0 aromatic heterocycles. The molecule has 1 atom stereocenters. The van der Waals surface area contributed by atoms with Crippen LogP contribution in [-0.2, 0) is 11.0 Å². The highest BCUT2D eigenvalue weighted by Gasteiger charge is 2.41. The van der Waals surface area contributed by atoms with Crippen molar-refractivity contribution in [2.24, 2.45) is 11.1 Å². The number of rotatable bonds is 6. The number of hydrogen-bond acceptors (Lipinski definition) is 3. The lowest BCUT2D eigenvalue weighted by Crippen LogP contribution is -2.50. The third kappa shape index (κ3) is 5.70. The van der Waals surface area contributed by atoms with Gasteiger partial charge in [-0.15, -0.1) is 0 Å². The van der Waals surface area contributed by atoms with Crippen LogP contribution in [0.2, 0.25) is 5.02 Å². The molecule has 1 fully saturated rings. The van der Waals surface area contributed by atoms with E-state index in [0.29, 0.717) is 23.6 Å². The molecule has 2 aromatic rings. The minimum absolute atomic E-state index is 0.0503. The van der Waals surface area contributed by atoms with E-state index in [0.717, 1.165) is 6.07 Å². The van der Waals surface area contributed by atoms with Gasteiger partial charge in [-0.1, -0.05) is 23.7 Å². The molecule has 2 N–H and O–H groups in total. The predicted octanol–water partition coefficient (Wildman–Crippen LogP) is 4.54. The molecule has 2 aromatic carbocycles. The number of halogens is 4. The lowest BCUT2D eigenvalue weighted by molar-refractivity contribution is -0.138. The van der Waals surface area contributed by atoms with Gasteiger partial charge in [0.05, 0.1) is 17.7 Å². The van der Waals surface area contributed by atoms with Crippen LogP contribution >= 0.6 is 11.6 Å². The predicted molar refractivity (Wildman–Crippen MR) is 110 cm³/mol. The smallest absolute Gasteiger partial charge is 0.417 e. The Morgan fingerprint density at radius 1 is 1.13 bits per heavy atom. The van der Waals surface area contributed by atoms with Gasteiger partial charge in [-0.25, -0.2) is 0 Å². The van der Waals surface area contributed by atoms with Crippen molar-refractivity contribution in [1.29, 1.82) is 0 Å². The van der Waals surface area contributed by atoms with Crippen LogP contribution in [0.5, 0.6) is 5.75 Å². The summed E-state index contributed by atoms with van der Waals surface area (Å²) < 4.78 is 46.0. The number of nitrogens with zero attached hydrogens (tertiary/aromatic N) is 1. The first-order valence-corrected chi connectivity index (χ1v) is 10.1. The molecule has 31 heavy (non-hydrogen) atoms. The average Bonchev–Trinajstić information content (AvgIpc) is 2.72. The van der Waals surface area contributed by atoms with Gasteiger partial charge in [0, 0.05) is 29.9 Å². The van der Waals surface area contributed by atoms with Crippen molar-refractivity contribution >= 4 is 23.4 Å². The quantitative estimate of drug-likeness (QED) is 0.696. The van der Waals surface area contributed by atoms with Crippen molar-refractivity contribution < 1.29 is 27.5 Å². The van der Waals surface area contributed by atoms with Crippen LogP contribution in [0, 0.1) is 5.41 Å². The van der Waals surface area contributed by atoms with Gasteiger partial charge in [0.2, 0.25) is 5.91 Å². The fourth-order valence-electron chi connectivity index (χ4n) is 3.92. The lowest BCUT2D eigenvalue weighted by atomic mass is 9.77. The number of likely N-dealkylation sites (tertiary alicyclic amines) is 1. The molecule has 0 radical (unpaired) electrons. The van der Waals surface area contributed by atoms with Gasteiger partial charge in [0.15, 0.2) is 0 Å². The molecule has 2 amide bonds. The highest BCUT2D eigenvalue weighted by atomic mass is 35.5. The first-order chi connectivity index (χ1) is 14.6. The molecule has 0 bridgehead atoms. The summed E-state index contributed by atoms with van der Waals surface area (Å²) in [6, 6.07) is 11.3. The number of benzene rings is 2. The van der Waals surface area contributed by atoms with E-state index < -0.39 is 34.5 Å². The fourth-order valence-corrected chi connectivity index (χ4v) is 4.04. The van der Waals surface area contributed by atoms with Crippen molar-refractivity contribution in [2.45, 2.75) is 25.4 Å². The molecule has 166 valence electrons. The van der Waals surface area contributed by atoms with Crippen LogP contribution in [0.15, 0.2) is 48.5 Å². The summed E-state index contributed by atoms with van der Waals surface area (Å²) in [6.07, 6.45) is -3.64. The molecular formula is C22H22ClF3N2O3. The van der Waals surface area contributed by atoms with Crippen LogP contribution in [0.4, 0.5) is 13.2 Å². The minimum atomic E-state index is -4.65. The highest BCUT2D eigenvalue weighted by Crippen LogP contribution is 2.37. The SMILES string of the molecule is NC(=O)C[C@]1(COc2ccc(Cl)cc2)CCCN(C(=O)c2ccccc2C(F)(F)F)C1. The van der Waals surface area contributed by atoms with E-state index in [9.17, 15) is 22.8 Å². The number of carbonyl (C=O) groups is 2. The second kappa shape index (κ2) is 9.18. The van der Waals surface area contributed by atoms with Crippen molar-refractivity contribution in [3.63, 3.8) is 0 Å². The molecule has 0 spiro atoms. The lowest BCUT2D eigenvalue weighted by Gasteiger charge is -2.42. The second-order valence-electron chi connectivity index (χ2n) is 7.76. The molecule has 0 saturated carbocycles.